The molecule has 2 N–H and O–H groups in total. The van der Waals surface area contributed by atoms with Crippen LogP contribution in [-0.4, -0.2) is 47.9 Å². The summed E-state index contributed by atoms with van der Waals surface area (Å²) in [6.45, 7) is 8.59. The second kappa shape index (κ2) is 9.13. The van der Waals surface area contributed by atoms with Crippen molar-refractivity contribution in [3.05, 3.63) is 35.4 Å². The molecule has 1 aliphatic heterocycles. The van der Waals surface area contributed by atoms with E-state index in [1.54, 1.807) is 0 Å². The number of benzene rings is 1. The highest BCUT2D eigenvalue weighted by Gasteiger charge is 2.24. The predicted octanol–water partition coefficient (Wildman–Crippen LogP) is 2.19. The fourth-order valence-electron chi connectivity index (χ4n) is 2.86. The molecule has 124 valence electrons. The molecule has 1 aromatic rings. The van der Waals surface area contributed by atoms with Crippen molar-refractivity contribution >= 4 is 18.3 Å². The molecule has 2 rings (SSSR count). The Kier molecular flexibility index (Phi) is 7.87. The molecule has 0 aromatic heterocycles. The zero-order chi connectivity index (χ0) is 15.2. The van der Waals surface area contributed by atoms with Gasteiger partial charge in [-0.25, -0.2) is 0 Å². The molecular weight excluding hydrogens is 298 g/mol. The van der Waals surface area contributed by atoms with Crippen LogP contribution in [0.2, 0.25) is 0 Å². The number of hydrogen-bond acceptors (Lipinski definition) is 3. The van der Waals surface area contributed by atoms with Crippen molar-refractivity contribution in [1.82, 2.24) is 9.80 Å². The third kappa shape index (κ3) is 5.27. The quantitative estimate of drug-likeness (QED) is 0.902. The number of halogens is 1. The number of aryl methyl sites for hydroxylation is 1. The summed E-state index contributed by atoms with van der Waals surface area (Å²) in [5.74, 6) is 0.118. The Hall–Kier alpha value is -1.10. The maximum Gasteiger partial charge on any atom is 0.239 e. The zero-order valence-electron chi connectivity index (χ0n) is 13.6. The molecule has 0 radical (unpaired) electrons. The van der Waals surface area contributed by atoms with Gasteiger partial charge in [-0.3, -0.25) is 9.69 Å². The Bertz CT molecular complexity index is 473. The standard InChI is InChI=1S/C17H27N3O.ClH/c1-3-5-16(18)17(21)20-10-8-19(9-11-20)13-15-7-4-6-14(2)12-15;/h4,6-7,12,16H,3,5,8-11,13,18H2,1-2H3;1H. The maximum atomic E-state index is 12.2. The molecule has 1 unspecified atom stereocenters. The second-order valence-electron chi connectivity index (χ2n) is 5.99. The van der Waals surface area contributed by atoms with Gasteiger partial charge in [-0.2, -0.15) is 0 Å². The van der Waals surface area contributed by atoms with Crippen LogP contribution in [0.3, 0.4) is 0 Å². The van der Waals surface area contributed by atoms with Crippen molar-refractivity contribution in [3.8, 4) is 0 Å². The fraction of sp³-hybridized carbons (Fsp3) is 0.588. The van der Waals surface area contributed by atoms with Gasteiger partial charge in [0.1, 0.15) is 0 Å². The molecule has 22 heavy (non-hydrogen) atoms. The van der Waals surface area contributed by atoms with Crippen LogP contribution in [0.4, 0.5) is 0 Å². The highest BCUT2D eigenvalue weighted by atomic mass is 35.5. The van der Waals surface area contributed by atoms with Gasteiger partial charge in [0.25, 0.3) is 0 Å². The van der Waals surface area contributed by atoms with E-state index in [0.717, 1.165) is 45.6 Å². The molecule has 0 saturated carbocycles. The van der Waals surface area contributed by atoms with Crippen LogP contribution in [-0.2, 0) is 11.3 Å². The van der Waals surface area contributed by atoms with Crippen molar-refractivity contribution < 1.29 is 4.79 Å². The van der Waals surface area contributed by atoms with Crippen LogP contribution in [0, 0.1) is 6.92 Å². The Morgan fingerprint density at radius 1 is 1.27 bits per heavy atom. The Balaban J connectivity index is 0.00000242. The van der Waals surface area contributed by atoms with Crippen LogP contribution < -0.4 is 5.73 Å². The van der Waals surface area contributed by atoms with E-state index in [1.165, 1.54) is 11.1 Å². The average Bonchev–Trinajstić information content (AvgIpc) is 2.47. The van der Waals surface area contributed by atoms with Gasteiger partial charge in [0, 0.05) is 32.7 Å². The topological polar surface area (TPSA) is 49.6 Å². The van der Waals surface area contributed by atoms with Crippen molar-refractivity contribution in [2.24, 2.45) is 5.73 Å². The summed E-state index contributed by atoms with van der Waals surface area (Å²) >= 11 is 0. The third-order valence-electron chi connectivity index (χ3n) is 4.09. The Morgan fingerprint density at radius 2 is 1.95 bits per heavy atom. The molecular formula is C17H28ClN3O. The summed E-state index contributed by atoms with van der Waals surface area (Å²) in [4.78, 5) is 16.5. The van der Waals surface area contributed by atoms with Gasteiger partial charge >= 0.3 is 0 Å². The molecule has 5 heteroatoms. The van der Waals surface area contributed by atoms with Crippen LogP contribution in [0.15, 0.2) is 24.3 Å². The molecule has 1 heterocycles. The zero-order valence-corrected chi connectivity index (χ0v) is 14.4. The first kappa shape index (κ1) is 18.9. The highest BCUT2D eigenvalue weighted by molar-refractivity contribution is 5.85. The highest BCUT2D eigenvalue weighted by Crippen LogP contribution is 2.11. The first-order valence-corrected chi connectivity index (χ1v) is 7.92. The van der Waals surface area contributed by atoms with E-state index in [2.05, 4.69) is 43.0 Å². The number of hydrogen-bond donors (Lipinski definition) is 1. The van der Waals surface area contributed by atoms with E-state index in [9.17, 15) is 4.79 Å². The van der Waals surface area contributed by atoms with Gasteiger partial charge < -0.3 is 10.6 Å². The molecule has 1 saturated heterocycles. The van der Waals surface area contributed by atoms with E-state index in [4.69, 9.17) is 5.73 Å². The van der Waals surface area contributed by atoms with E-state index < -0.39 is 0 Å². The molecule has 1 atom stereocenters. The van der Waals surface area contributed by atoms with Gasteiger partial charge in [-0.15, -0.1) is 12.4 Å². The van der Waals surface area contributed by atoms with Crippen LogP contribution in [0.25, 0.3) is 0 Å². The number of carbonyl (C=O) groups excluding carboxylic acids is 1. The normalized spacial score (nSPS) is 17.0. The SMILES string of the molecule is CCCC(N)C(=O)N1CCN(Cc2cccc(C)c2)CC1.Cl. The lowest BCUT2D eigenvalue weighted by molar-refractivity contribution is -0.134. The number of carbonyl (C=O) groups is 1. The Morgan fingerprint density at radius 3 is 2.55 bits per heavy atom. The molecule has 1 amide bonds. The maximum absolute atomic E-state index is 12.2. The number of piperazine rings is 1. The van der Waals surface area contributed by atoms with Crippen LogP contribution >= 0.6 is 12.4 Å². The molecule has 1 aromatic carbocycles. The van der Waals surface area contributed by atoms with Gasteiger partial charge in [-0.1, -0.05) is 43.2 Å². The number of nitrogens with two attached hydrogens (primary N) is 1. The molecule has 0 spiro atoms. The van der Waals surface area contributed by atoms with Crippen LogP contribution in [0.1, 0.15) is 30.9 Å². The molecule has 1 aliphatic rings. The largest absolute Gasteiger partial charge is 0.339 e. The Labute approximate surface area is 140 Å². The number of nitrogens with zero attached hydrogens (tertiary/aromatic N) is 2. The van der Waals surface area contributed by atoms with Gasteiger partial charge in [0.2, 0.25) is 5.91 Å². The summed E-state index contributed by atoms with van der Waals surface area (Å²) in [6, 6.07) is 8.30. The lowest BCUT2D eigenvalue weighted by Crippen LogP contribution is -2.52. The second-order valence-corrected chi connectivity index (χ2v) is 5.99. The fourth-order valence-corrected chi connectivity index (χ4v) is 2.86. The number of rotatable bonds is 5. The molecule has 4 nitrogen and oxygen atoms in total. The third-order valence-corrected chi connectivity index (χ3v) is 4.09. The lowest BCUT2D eigenvalue weighted by Gasteiger charge is -2.36. The predicted molar refractivity (Wildman–Crippen MR) is 93.2 cm³/mol. The first-order valence-electron chi connectivity index (χ1n) is 7.92. The number of amides is 1. The summed E-state index contributed by atoms with van der Waals surface area (Å²) < 4.78 is 0. The van der Waals surface area contributed by atoms with E-state index in [0.29, 0.717) is 0 Å². The minimum Gasteiger partial charge on any atom is -0.339 e. The average molecular weight is 326 g/mol. The summed E-state index contributed by atoms with van der Waals surface area (Å²) in [6.07, 6.45) is 1.74. The first-order chi connectivity index (χ1) is 10.1. The van der Waals surface area contributed by atoms with E-state index >= 15 is 0 Å². The summed E-state index contributed by atoms with van der Waals surface area (Å²) in [5.41, 5.74) is 8.57. The molecule has 0 bridgehead atoms. The lowest BCUT2D eigenvalue weighted by atomic mass is 10.1. The smallest absolute Gasteiger partial charge is 0.239 e. The van der Waals surface area contributed by atoms with Crippen molar-refractivity contribution in [2.45, 2.75) is 39.3 Å². The van der Waals surface area contributed by atoms with E-state index in [-0.39, 0.29) is 24.4 Å². The summed E-state index contributed by atoms with van der Waals surface area (Å²) in [7, 11) is 0. The van der Waals surface area contributed by atoms with Crippen molar-refractivity contribution in [3.63, 3.8) is 0 Å². The monoisotopic (exact) mass is 325 g/mol. The van der Waals surface area contributed by atoms with Crippen molar-refractivity contribution in [2.75, 3.05) is 26.2 Å². The molecule has 1 fully saturated rings. The minimum atomic E-state index is -0.321. The van der Waals surface area contributed by atoms with Gasteiger partial charge in [0.05, 0.1) is 6.04 Å². The van der Waals surface area contributed by atoms with E-state index in [1.807, 2.05) is 4.90 Å². The van der Waals surface area contributed by atoms with Crippen molar-refractivity contribution in [1.29, 1.82) is 0 Å². The van der Waals surface area contributed by atoms with Gasteiger partial charge in [0.15, 0.2) is 0 Å². The minimum absolute atomic E-state index is 0. The van der Waals surface area contributed by atoms with Gasteiger partial charge in [-0.05, 0) is 18.9 Å². The molecule has 0 aliphatic carbocycles. The summed E-state index contributed by atoms with van der Waals surface area (Å²) in [5, 5.41) is 0. The van der Waals surface area contributed by atoms with Crippen LogP contribution in [0.5, 0.6) is 0 Å².